The highest BCUT2D eigenvalue weighted by molar-refractivity contribution is 5.87. The second-order valence-electron chi connectivity index (χ2n) is 5.44. The molecule has 1 rings (SSSR count). The zero-order valence-corrected chi connectivity index (χ0v) is 12.3. The Balaban J connectivity index is 2.56. The van der Waals surface area contributed by atoms with Crippen LogP contribution in [-0.4, -0.2) is 60.3 Å². The fourth-order valence-electron chi connectivity index (χ4n) is 2.30. The minimum absolute atomic E-state index is 0.0262. The molecular formula is C13H26N4O3. The van der Waals surface area contributed by atoms with Crippen molar-refractivity contribution in [1.29, 1.82) is 0 Å². The lowest BCUT2D eigenvalue weighted by atomic mass is 10.0. The normalized spacial score (nSPS) is 18.6. The fourth-order valence-corrected chi connectivity index (χ4v) is 2.30. The average Bonchev–Trinajstić information content (AvgIpc) is 2.40. The molecule has 0 aromatic rings. The summed E-state index contributed by atoms with van der Waals surface area (Å²) in [6.07, 6.45) is 0.652. The first-order valence-electron chi connectivity index (χ1n) is 7.17. The van der Waals surface area contributed by atoms with Crippen LogP contribution >= 0.6 is 0 Å². The van der Waals surface area contributed by atoms with E-state index < -0.39 is 12.1 Å². The molecule has 1 aliphatic rings. The van der Waals surface area contributed by atoms with Crippen molar-refractivity contribution in [3.8, 4) is 0 Å². The number of nitrogens with two attached hydrogens (primary N) is 1. The van der Waals surface area contributed by atoms with Crippen LogP contribution < -0.4 is 16.4 Å². The van der Waals surface area contributed by atoms with Gasteiger partial charge in [0.15, 0.2) is 0 Å². The van der Waals surface area contributed by atoms with E-state index in [1.165, 1.54) is 0 Å². The van der Waals surface area contributed by atoms with Crippen molar-refractivity contribution in [2.45, 2.75) is 38.8 Å². The molecule has 7 nitrogen and oxygen atoms in total. The molecule has 0 aliphatic carbocycles. The molecule has 1 heterocycles. The minimum Gasteiger partial charge on any atom is -0.392 e. The fraction of sp³-hybridized carbons (Fsp3) is 0.846. The van der Waals surface area contributed by atoms with Crippen LogP contribution in [0.5, 0.6) is 0 Å². The van der Waals surface area contributed by atoms with E-state index in [-0.39, 0.29) is 24.4 Å². The maximum atomic E-state index is 12.3. The van der Waals surface area contributed by atoms with E-state index in [9.17, 15) is 14.7 Å². The standard InChI is InChI=1S/C13H26N4O3/c1-9(2)11(17-7-3-5-16-13(17)20)12(19)15-6-4-10(18)8-14/h9-11,18H,3-8,14H2,1-2H3,(H,15,19)(H,16,20). The number of nitrogens with zero attached hydrogens (tertiary/aromatic N) is 1. The Labute approximate surface area is 119 Å². The van der Waals surface area contributed by atoms with Crippen molar-refractivity contribution in [2.24, 2.45) is 11.7 Å². The van der Waals surface area contributed by atoms with Crippen LogP contribution in [0.25, 0.3) is 0 Å². The van der Waals surface area contributed by atoms with Crippen LogP contribution in [0.2, 0.25) is 0 Å². The van der Waals surface area contributed by atoms with Crippen molar-refractivity contribution < 1.29 is 14.7 Å². The highest BCUT2D eigenvalue weighted by Crippen LogP contribution is 2.14. The number of aliphatic hydroxyl groups is 1. The Morgan fingerprint density at radius 2 is 2.25 bits per heavy atom. The zero-order chi connectivity index (χ0) is 15.1. The Bertz CT molecular complexity index is 336. The molecule has 1 fully saturated rings. The molecule has 1 aliphatic heterocycles. The monoisotopic (exact) mass is 286 g/mol. The van der Waals surface area contributed by atoms with Gasteiger partial charge in [0.1, 0.15) is 6.04 Å². The Kier molecular flexibility index (Phi) is 6.74. The van der Waals surface area contributed by atoms with Gasteiger partial charge in [-0.1, -0.05) is 13.8 Å². The average molecular weight is 286 g/mol. The third-order valence-electron chi connectivity index (χ3n) is 3.40. The summed E-state index contributed by atoms with van der Waals surface area (Å²) >= 11 is 0. The SMILES string of the molecule is CC(C)C(C(=O)NCCC(O)CN)N1CCCNC1=O. The third-order valence-corrected chi connectivity index (χ3v) is 3.40. The summed E-state index contributed by atoms with van der Waals surface area (Å²) in [6, 6.07) is -0.669. The highest BCUT2D eigenvalue weighted by atomic mass is 16.3. The van der Waals surface area contributed by atoms with Gasteiger partial charge in [-0.15, -0.1) is 0 Å². The molecule has 2 unspecified atom stereocenters. The first-order chi connectivity index (χ1) is 9.47. The summed E-state index contributed by atoms with van der Waals surface area (Å²) in [5.41, 5.74) is 5.31. The van der Waals surface area contributed by atoms with Crippen molar-refractivity contribution >= 4 is 11.9 Å². The molecule has 116 valence electrons. The predicted octanol–water partition coefficient (Wildman–Crippen LogP) is -0.748. The maximum absolute atomic E-state index is 12.3. The number of nitrogens with one attached hydrogen (secondary N) is 2. The van der Waals surface area contributed by atoms with Gasteiger partial charge in [0, 0.05) is 26.2 Å². The molecule has 2 atom stereocenters. The molecule has 5 N–H and O–H groups in total. The number of carbonyl (C=O) groups is 2. The molecule has 0 saturated carbocycles. The summed E-state index contributed by atoms with van der Waals surface area (Å²) in [4.78, 5) is 25.7. The van der Waals surface area contributed by atoms with Crippen LogP contribution in [-0.2, 0) is 4.79 Å². The summed E-state index contributed by atoms with van der Waals surface area (Å²) in [7, 11) is 0. The number of hydrogen-bond donors (Lipinski definition) is 4. The van der Waals surface area contributed by atoms with E-state index >= 15 is 0 Å². The van der Waals surface area contributed by atoms with Gasteiger partial charge in [0.25, 0.3) is 0 Å². The van der Waals surface area contributed by atoms with Crippen molar-refractivity contribution in [3.63, 3.8) is 0 Å². The lowest BCUT2D eigenvalue weighted by Gasteiger charge is -2.36. The molecule has 20 heavy (non-hydrogen) atoms. The van der Waals surface area contributed by atoms with Gasteiger partial charge in [0.05, 0.1) is 6.10 Å². The van der Waals surface area contributed by atoms with Gasteiger partial charge >= 0.3 is 6.03 Å². The van der Waals surface area contributed by atoms with Crippen molar-refractivity contribution in [3.05, 3.63) is 0 Å². The Morgan fingerprint density at radius 1 is 1.55 bits per heavy atom. The molecule has 0 radical (unpaired) electrons. The van der Waals surface area contributed by atoms with Crippen molar-refractivity contribution in [2.75, 3.05) is 26.2 Å². The van der Waals surface area contributed by atoms with Crippen LogP contribution in [0, 0.1) is 5.92 Å². The first-order valence-corrected chi connectivity index (χ1v) is 7.17. The zero-order valence-electron chi connectivity index (χ0n) is 12.3. The Hall–Kier alpha value is -1.34. The molecule has 0 bridgehead atoms. The molecule has 0 aromatic heterocycles. The minimum atomic E-state index is -0.605. The number of carbonyl (C=O) groups excluding carboxylic acids is 2. The topological polar surface area (TPSA) is 108 Å². The van der Waals surface area contributed by atoms with E-state index in [1.54, 1.807) is 4.90 Å². The Morgan fingerprint density at radius 3 is 2.80 bits per heavy atom. The quantitative estimate of drug-likeness (QED) is 0.494. The number of amides is 3. The van der Waals surface area contributed by atoms with Gasteiger partial charge in [-0.05, 0) is 18.8 Å². The number of rotatable bonds is 7. The second-order valence-corrected chi connectivity index (χ2v) is 5.44. The van der Waals surface area contributed by atoms with E-state index in [0.29, 0.717) is 26.1 Å². The first kappa shape index (κ1) is 16.7. The van der Waals surface area contributed by atoms with Crippen LogP contribution in [0.3, 0.4) is 0 Å². The highest BCUT2D eigenvalue weighted by Gasteiger charge is 2.33. The summed E-state index contributed by atoms with van der Waals surface area (Å²) in [5.74, 6) is -0.153. The summed E-state index contributed by atoms with van der Waals surface area (Å²) in [5, 5.41) is 14.9. The third kappa shape index (κ3) is 4.64. The smallest absolute Gasteiger partial charge is 0.318 e. The van der Waals surface area contributed by atoms with Gasteiger partial charge in [-0.25, -0.2) is 4.79 Å². The molecule has 0 spiro atoms. The lowest BCUT2D eigenvalue weighted by Crippen LogP contribution is -2.58. The van der Waals surface area contributed by atoms with Crippen LogP contribution in [0.4, 0.5) is 4.79 Å². The van der Waals surface area contributed by atoms with Gasteiger partial charge in [0.2, 0.25) is 5.91 Å². The van der Waals surface area contributed by atoms with E-state index in [1.807, 2.05) is 13.8 Å². The number of aliphatic hydroxyl groups excluding tert-OH is 1. The molecule has 0 aromatic carbocycles. The second kappa shape index (κ2) is 8.06. The maximum Gasteiger partial charge on any atom is 0.318 e. The van der Waals surface area contributed by atoms with Crippen molar-refractivity contribution in [1.82, 2.24) is 15.5 Å². The lowest BCUT2D eigenvalue weighted by molar-refractivity contribution is -0.127. The van der Waals surface area contributed by atoms with Gasteiger partial charge in [-0.2, -0.15) is 0 Å². The molecule has 3 amide bonds. The summed E-state index contributed by atoms with van der Waals surface area (Å²) in [6.45, 7) is 5.62. The largest absolute Gasteiger partial charge is 0.392 e. The van der Waals surface area contributed by atoms with E-state index in [0.717, 1.165) is 6.42 Å². The van der Waals surface area contributed by atoms with Crippen LogP contribution in [0.1, 0.15) is 26.7 Å². The van der Waals surface area contributed by atoms with E-state index in [2.05, 4.69) is 10.6 Å². The van der Waals surface area contributed by atoms with E-state index in [4.69, 9.17) is 5.73 Å². The summed E-state index contributed by atoms with van der Waals surface area (Å²) < 4.78 is 0. The predicted molar refractivity (Wildman–Crippen MR) is 76.0 cm³/mol. The molecule has 1 saturated heterocycles. The van der Waals surface area contributed by atoms with Gasteiger partial charge in [-0.3, -0.25) is 4.79 Å². The van der Waals surface area contributed by atoms with Gasteiger partial charge < -0.3 is 26.4 Å². The molecule has 7 heteroatoms. The number of hydrogen-bond acceptors (Lipinski definition) is 4. The van der Waals surface area contributed by atoms with Crippen LogP contribution in [0.15, 0.2) is 0 Å². The molecular weight excluding hydrogens is 260 g/mol. The number of urea groups is 1.